The highest BCUT2D eigenvalue weighted by atomic mass is 32.2. The van der Waals surface area contributed by atoms with Gasteiger partial charge in [0, 0.05) is 30.3 Å². The summed E-state index contributed by atoms with van der Waals surface area (Å²) in [5, 5.41) is 6.81. The molecule has 0 spiro atoms. The van der Waals surface area contributed by atoms with Crippen molar-refractivity contribution in [2.75, 3.05) is 19.3 Å². The Balaban J connectivity index is 1.65. The zero-order chi connectivity index (χ0) is 14.2. The van der Waals surface area contributed by atoms with Crippen molar-refractivity contribution >= 4 is 17.7 Å². The normalized spacial score (nSPS) is 15.6. The van der Waals surface area contributed by atoms with E-state index in [1.807, 2.05) is 18.8 Å². The van der Waals surface area contributed by atoms with Crippen LogP contribution in [-0.2, 0) is 0 Å². The number of nitrogens with zero attached hydrogens (tertiary/aromatic N) is 1. The maximum Gasteiger partial charge on any atom is 0.191 e. The second-order valence-corrected chi connectivity index (χ2v) is 6.11. The first kappa shape index (κ1) is 15.0. The molecule has 0 aliphatic heterocycles. The summed E-state index contributed by atoms with van der Waals surface area (Å²) >= 11 is 1.87. The van der Waals surface area contributed by atoms with Gasteiger partial charge < -0.3 is 10.6 Å². The molecule has 0 bridgehead atoms. The number of hydrogen-bond donors (Lipinski definition) is 2. The molecule has 108 valence electrons. The summed E-state index contributed by atoms with van der Waals surface area (Å²) in [7, 11) is 1.82. The van der Waals surface area contributed by atoms with Crippen LogP contribution in [0.25, 0.3) is 0 Å². The summed E-state index contributed by atoms with van der Waals surface area (Å²) in [6.45, 7) is 3.03. The topological polar surface area (TPSA) is 36.4 Å². The second-order valence-electron chi connectivity index (χ2n) is 4.94. The van der Waals surface area contributed by atoms with Crippen LogP contribution in [0.4, 0.5) is 0 Å². The second kappa shape index (κ2) is 8.00. The van der Waals surface area contributed by atoms with E-state index >= 15 is 0 Å². The van der Waals surface area contributed by atoms with E-state index in [0.717, 1.165) is 31.1 Å². The van der Waals surface area contributed by atoms with Crippen LogP contribution in [0.1, 0.15) is 18.4 Å². The first-order chi connectivity index (χ1) is 9.78. The van der Waals surface area contributed by atoms with Gasteiger partial charge in [-0.15, -0.1) is 11.8 Å². The van der Waals surface area contributed by atoms with Gasteiger partial charge in [-0.25, -0.2) is 0 Å². The van der Waals surface area contributed by atoms with Gasteiger partial charge in [0.2, 0.25) is 0 Å². The minimum atomic E-state index is 0.506. The fourth-order valence-corrected chi connectivity index (χ4v) is 2.86. The number of nitrogens with one attached hydrogen (secondary N) is 2. The fourth-order valence-electron chi connectivity index (χ4n) is 2.10. The molecule has 0 heterocycles. The van der Waals surface area contributed by atoms with Crippen molar-refractivity contribution < 1.29 is 0 Å². The Labute approximate surface area is 126 Å². The van der Waals surface area contributed by atoms with Gasteiger partial charge in [0.15, 0.2) is 5.96 Å². The highest BCUT2D eigenvalue weighted by molar-refractivity contribution is 7.99. The number of benzene rings is 1. The Morgan fingerprint density at radius 2 is 1.95 bits per heavy atom. The first-order valence-electron chi connectivity index (χ1n) is 7.09. The molecule has 0 saturated heterocycles. The van der Waals surface area contributed by atoms with Crippen molar-refractivity contribution in [2.24, 2.45) is 4.99 Å². The Bertz CT molecular complexity index is 457. The Kier molecular flexibility index (Phi) is 5.99. The van der Waals surface area contributed by atoms with E-state index in [1.54, 1.807) is 0 Å². The highest BCUT2D eigenvalue weighted by Gasteiger charge is 2.10. The predicted octanol–water partition coefficient (Wildman–Crippen LogP) is 2.97. The average Bonchev–Trinajstić information content (AvgIpc) is 2.97. The molecule has 2 N–H and O–H groups in total. The lowest BCUT2D eigenvalue weighted by atomic mass is 10.2. The molecule has 1 aliphatic carbocycles. The van der Waals surface area contributed by atoms with Crippen LogP contribution in [0.5, 0.6) is 0 Å². The summed E-state index contributed by atoms with van der Waals surface area (Å²) in [6, 6.07) is 9.17. The van der Waals surface area contributed by atoms with Gasteiger partial charge in [0.25, 0.3) is 0 Å². The third-order valence-electron chi connectivity index (χ3n) is 3.26. The van der Waals surface area contributed by atoms with Crippen LogP contribution in [0, 0.1) is 6.92 Å². The van der Waals surface area contributed by atoms with E-state index in [9.17, 15) is 0 Å². The molecule has 0 atom stereocenters. The van der Waals surface area contributed by atoms with Gasteiger partial charge in [0.1, 0.15) is 0 Å². The van der Waals surface area contributed by atoms with Gasteiger partial charge in [-0.05, 0) is 31.9 Å². The monoisotopic (exact) mass is 289 g/mol. The van der Waals surface area contributed by atoms with Gasteiger partial charge in [-0.2, -0.15) is 0 Å². The summed E-state index contributed by atoms with van der Waals surface area (Å²) in [6.07, 6.45) is 6.63. The van der Waals surface area contributed by atoms with Gasteiger partial charge in [0.05, 0.1) is 0 Å². The number of hydrogen-bond acceptors (Lipinski definition) is 2. The van der Waals surface area contributed by atoms with E-state index in [0.29, 0.717) is 6.04 Å². The van der Waals surface area contributed by atoms with Crippen molar-refractivity contribution in [3.8, 4) is 0 Å². The van der Waals surface area contributed by atoms with Crippen molar-refractivity contribution in [3.05, 3.63) is 42.0 Å². The lowest BCUT2D eigenvalue weighted by molar-refractivity contribution is 0.636. The molecule has 0 unspecified atom stereocenters. The lowest BCUT2D eigenvalue weighted by Crippen LogP contribution is -2.43. The van der Waals surface area contributed by atoms with E-state index in [4.69, 9.17) is 0 Å². The zero-order valence-corrected chi connectivity index (χ0v) is 13.0. The Hall–Kier alpha value is -1.42. The van der Waals surface area contributed by atoms with Crippen LogP contribution >= 0.6 is 11.8 Å². The molecule has 2 rings (SSSR count). The maximum atomic E-state index is 4.27. The third kappa shape index (κ3) is 4.93. The van der Waals surface area contributed by atoms with Crippen LogP contribution in [0.3, 0.4) is 0 Å². The molecule has 1 aromatic carbocycles. The van der Waals surface area contributed by atoms with Crippen molar-refractivity contribution in [3.63, 3.8) is 0 Å². The van der Waals surface area contributed by atoms with Crippen molar-refractivity contribution in [1.29, 1.82) is 0 Å². The number of guanidine groups is 1. The Morgan fingerprint density at radius 3 is 2.60 bits per heavy atom. The van der Waals surface area contributed by atoms with Gasteiger partial charge >= 0.3 is 0 Å². The van der Waals surface area contributed by atoms with Crippen LogP contribution in [-0.4, -0.2) is 31.3 Å². The molecular formula is C16H23N3S. The molecule has 3 nitrogen and oxygen atoms in total. The van der Waals surface area contributed by atoms with Crippen molar-refractivity contribution in [1.82, 2.24) is 10.6 Å². The molecule has 0 radical (unpaired) electrons. The first-order valence-corrected chi connectivity index (χ1v) is 8.08. The molecule has 0 aromatic heterocycles. The standard InChI is InChI=1S/C16H23N3S/c1-13-7-9-15(10-8-13)20-12-11-18-16(17-2)19-14-5-3-4-6-14/h3-4,7-10,14H,5-6,11-12H2,1-2H3,(H2,17,18,19). The van der Waals surface area contributed by atoms with Gasteiger partial charge in [-0.3, -0.25) is 4.99 Å². The lowest BCUT2D eigenvalue weighted by Gasteiger charge is -2.16. The third-order valence-corrected chi connectivity index (χ3v) is 4.27. The average molecular weight is 289 g/mol. The molecule has 4 heteroatoms. The minimum absolute atomic E-state index is 0.506. The van der Waals surface area contributed by atoms with Crippen LogP contribution < -0.4 is 10.6 Å². The van der Waals surface area contributed by atoms with Crippen LogP contribution in [0.2, 0.25) is 0 Å². The molecule has 0 fully saturated rings. The quantitative estimate of drug-likeness (QED) is 0.288. The molecule has 20 heavy (non-hydrogen) atoms. The molecular weight excluding hydrogens is 266 g/mol. The number of aliphatic imine (C=N–C) groups is 1. The van der Waals surface area contributed by atoms with E-state index in [1.165, 1.54) is 10.5 Å². The Morgan fingerprint density at radius 1 is 1.25 bits per heavy atom. The van der Waals surface area contributed by atoms with E-state index in [-0.39, 0.29) is 0 Å². The van der Waals surface area contributed by atoms with E-state index in [2.05, 4.69) is 59.0 Å². The number of aryl methyl sites for hydroxylation is 1. The van der Waals surface area contributed by atoms with Crippen molar-refractivity contribution in [2.45, 2.75) is 30.7 Å². The summed E-state index contributed by atoms with van der Waals surface area (Å²) in [4.78, 5) is 5.58. The number of rotatable bonds is 5. The summed E-state index contributed by atoms with van der Waals surface area (Å²) < 4.78 is 0. The molecule has 1 aliphatic rings. The largest absolute Gasteiger partial charge is 0.356 e. The van der Waals surface area contributed by atoms with E-state index < -0.39 is 0 Å². The minimum Gasteiger partial charge on any atom is -0.356 e. The maximum absolute atomic E-state index is 4.27. The predicted molar refractivity (Wildman–Crippen MR) is 88.6 cm³/mol. The fraction of sp³-hybridized carbons (Fsp3) is 0.438. The number of thioether (sulfide) groups is 1. The smallest absolute Gasteiger partial charge is 0.191 e. The molecule has 0 saturated carbocycles. The van der Waals surface area contributed by atoms with Crippen LogP contribution in [0.15, 0.2) is 46.3 Å². The molecule has 0 amide bonds. The summed E-state index contributed by atoms with van der Waals surface area (Å²) in [5.74, 6) is 1.94. The SMILES string of the molecule is CN=C(NCCSc1ccc(C)cc1)NC1CC=CC1. The summed E-state index contributed by atoms with van der Waals surface area (Å²) in [5.41, 5.74) is 1.31. The molecule has 1 aromatic rings. The zero-order valence-electron chi connectivity index (χ0n) is 12.2. The highest BCUT2D eigenvalue weighted by Crippen LogP contribution is 2.17. The van der Waals surface area contributed by atoms with Gasteiger partial charge in [-0.1, -0.05) is 29.8 Å².